The highest BCUT2D eigenvalue weighted by atomic mass is 32.1. The lowest BCUT2D eigenvalue weighted by Crippen LogP contribution is -2.49. The number of aryl methyl sites for hydroxylation is 2. The molecule has 0 unspecified atom stereocenters. The van der Waals surface area contributed by atoms with E-state index in [4.69, 9.17) is 23.7 Å². The zero-order valence-corrected chi connectivity index (χ0v) is 30.9. The Morgan fingerprint density at radius 3 is 1.21 bits per heavy atom. The summed E-state index contributed by atoms with van der Waals surface area (Å²) in [6.07, 6.45) is 0. The summed E-state index contributed by atoms with van der Waals surface area (Å²) >= 11 is 2.21. The lowest BCUT2D eigenvalue weighted by Gasteiger charge is -2.26. The first kappa shape index (κ1) is 38.7. The number of alkyl halides is 6. The van der Waals surface area contributed by atoms with Crippen molar-refractivity contribution in [3.63, 3.8) is 0 Å². The van der Waals surface area contributed by atoms with Gasteiger partial charge in [0.15, 0.2) is 0 Å². The summed E-state index contributed by atoms with van der Waals surface area (Å²) in [7, 11) is 0. The van der Waals surface area contributed by atoms with Crippen molar-refractivity contribution in [2.45, 2.75) is 58.7 Å². The standard InChI is InChI=1S/C39H40F6O5S2/c1-23-31-25(3)51-35(23)29-9-5-7-27(19-29)21-49-17-15-47-13-11-46-12-14-48-16-18-50-22-28-8-6-10-30(20-28)36-24(2)32(26(4)52-36)34-33(31)37(40,41)39(44,45)38(34,42)43/h5-10,19-20H,11-18,21-22H2,1-4H3. The maximum absolute atomic E-state index is 16.1. The number of hydrogen-bond acceptors (Lipinski definition) is 7. The topological polar surface area (TPSA) is 46.2 Å². The van der Waals surface area contributed by atoms with Gasteiger partial charge in [0, 0.05) is 41.8 Å². The fourth-order valence-electron chi connectivity index (χ4n) is 6.75. The fraction of sp³-hybridized carbons (Fsp3) is 0.436. The predicted molar refractivity (Wildman–Crippen MR) is 192 cm³/mol. The molecule has 0 atom stereocenters. The third-order valence-electron chi connectivity index (χ3n) is 9.22. The molecule has 4 aromatic rings. The Kier molecular flexibility index (Phi) is 11.7. The van der Waals surface area contributed by atoms with Crippen LogP contribution in [-0.4, -0.2) is 70.6 Å². The van der Waals surface area contributed by atoms with Crippen molar-refractivity contribution >= 4 is 33.8 Å². The molecule has 2 aromatic carbocycles. The molecule has 0 amide bonds. The van der Waals surface area contributed by atoms with Gasteiger partial charge in [-0.2, -0.15) is 26.3 Å². The molecule has 0 spiro atoms. The molecule has 280 valence electrons. The Labute approximate surface area is 307 Å². The van der Waals surface area contributed by atoms with Crippen LogP contribution in [0.15, 0.2) is 48.5 Å². The second-order valence-electron chi connectivity index (χ2n) is 12.8. The van der Waals surface area contributed by atoms with Crippen LogP contribution in [0, 0.1) is 27.7 Å². The number of allylic oxidation sites excluding steroid dienone is 2. The van der Waals surface area contributed by atoms with Crippen molar-refractivity contribution in [3.05, 3.63) is 91.7 Å². The third-order valence-corrected chi connectivity index (χ3v) is 11.7. The van der Waals surface area contributed by atoms with Crippen molar-refractivity contribution < 1.29 is 50.0 Å². The molecule has 0 radical (unpaired) electrons. The molecule has 52 heavy (non-hydrogen) atoms. The lowest BCUT2D eigenvalue weighted by atomic mass is 9.89. The van der Waals surface area contributed by atoms with E-state index in [1.165, 1.54) is 27.7 Å². The molecular weight excluding hydrogens is 727 g/mol. The minimum absolute atomic E-state index is 0.227. The van der Waals surface area contributed by atoms with Crippen LogP contribution in [0.4, 0.5) is 26.3 Å². The molecule has 0 saturated carbocycles. The van der Waals surface area contributed by atoms with Crippen molar-refractivity contribution in [2.75, 3.05) is 52.9 Å². The zero-order valence-electron chi connectivity index (χ0n) is 29.3. The monoisotopic (exact) mass is 766 g/mol. The molecular formula is C39H40F6O5S2. The number of thiophene rings is 2. The molecule has 0 N–H and O–H groups in total. The largest absolute Gasteiger partial charge is 0.380 e. The first-order valence-electron chi connectivity index (χ1n) is 16.9. The summed E-state index contributed by atoms with van der Waals surface area (Å²) < 4.78 is 124. The predicted octanol–water partition coefficient (Wildman–Crippen LogP) is 10.3. The number of hydrogen-bond donors (Lipinski definition) is 0. The Morgan fingerprint density at radius 2 is 0.846 bits per heavy atom. The molecule has 5 nitrogen and oxygen atoms in total. The van der Waals surface area contributed by atoms with E-state index in [2.05, 4.69) is 0 Å². The van der Waals surface area contributed by atoms with Gasteiger partial charge >= 0.3 is 17.8 Å². The first-order valence-corrected chi connectivity index (χ1v) is 18.6. The highest BCUT2D eigenvalue weighted by Crippen LogP contribution is 2.67. The van der Waals surface area contributed by atoms with Gasteiger partial charge in [0.05, 0.1) is 66.1 Å². The van der Waals surface area contributed by atoms with Gasteiger partial charge in [-0.1, -0.05) is 36.4 Å². The van der Waals surface area contributed by atoms with E-state index in [9.17, 15) is 0 Å². The maximum atomic E-state index is 16.1. The number of fused-ring (bicyclic) bond motifs is 12. The summed E-state index contributed by atoms with van der Waals surface area (Å²) in [5.74, 6) is -16.0. The van der Waals surface area contributed by atoms with Gasteiger partial charge in [-0.3, -0.25) is 0 Å². The van der Waals surface area contributed by atoms with Crippen LogP contribution >= 0.6 is 22.7 Å². The van der Waals surface area contributed by atoms with E-state index in [-0.39, 0.29) is 45.2 Å². The van der Waals surface area contributed by atoms with Crippen molar-refractivity contribution in [2.24, 2.45) is 0 Å². The van der Waals surface area contributed by atoms with Gasteiger partial charge in [-0.15, -0.1) is 22.7 Å². The number of ether oxygens (including phenoxy) is 5. The summed E-state index contributed by atoms with van der Waals surface area (Å²) in [5, 5.41) is 0. The van der Waals surface area contributed by atoms with Crippen molar-refractivity contribution in [1.29, 1.82) is 0 Å². The van der Waals surface area contributed by atoms with E-state index in [0.717, 1.165) is 33.8 Å². The Bertz CT molecular complexity index is 1800. The molecule has 6 rings (SSSR count). The minimum Gasteiger partial charge on any atom is -0.377 e. The Morgan fingerprint density at radius 1 is 0.500 bits per heavy atom. The van der Waals surface area contributed by atoms with Crippen LogP contribution < -0.4 is 0 Å². The minimum atomic E-state index is -5.67. The highest BCUT2D eigenvalue weighted by molar-refractivity contribution is 7.16. The van der Waals surface area contributed by atoms with E-state index < -0.39 is 28.9 Å². The first-order chi connectivity index (χ1) is 24.8. The van der Waals surface area contributed by atoms with Crippen LogP contribution in [0.5, 0.6) is 0 Å². The molecule has 13 heteroatoms. The van der Waals surface area contributed by atoms with Gasteiger partial charge in [-0.25, -0.2) is 0 Å². The number of rotatable bonds is 0. The molecule has 8 bridgehead atoms. The molecule has 0 fully saturated rings. The van der Waals surface area contributed by atoms with Gasteiger partial charge in [0.25, 0.3) is 0 Å². The average Bonchev–Trinajstić information content (AvgIpc) is 3.60. The quantitative estimate of drug-likeness (QED) is 0.167. The van der Waals surface area contributed by atoms with E-state index in [0.29, 0.717) is 73.7 Å². The van der Waals surface area contributed by atoms with E-state index >= 15 is 26.3 Å². The Balaban J connectivity index is 1.46. The highest BCUT2D eigenvalue weighted by Gasteiger charge is 2.80. The molecule has 0 saturated heterocycles. The van der Waals surface area contributed by atoms with Gasteiger partial charge < -0.3 is 23.7 Å². The van der Waals surface area contributed by atoms with Crippen LogP contribution in [-0.2, 0) is 36.9 Å². The van der Waals surface area contributed by atoms with Gasteiger partial charge in [0.2, 0.25) is 0 Å². The molecule has 2 aromatic heterocycles. The number of halogens is 6. The van der Waals surface area contributed by atoms with Gasteiger partial charge in [-0.05, 0) is 73.2 Å². The second-order valence-corrected chi connectivity index (χ2v) is 15.2. The van der Waals surface area contributed by atoms with E-state index in [1.54, 1.807) is 24.3 Å². The van der Waals surface area contributed by atoms with E-state index in [1.807, 2.05) is 24.3 Å². The van der Waals surface area contributed by atoms with Crippen LogP contribution in [0.25, 0.3) is 32.0 Å². The average molecular weight is 767 g/mol. The lowest BCUT2D eigenvalue weighted by molar-refractivity contribution is -0.254. The second kappa shape index (κ2) is 15.7. The molecule has 2 aliphatic rings. The summed E-state index contributed by atoms with van der Waals surface area (Å²) in [5.41, 5.74) is 0.0824. The van der Waals surface area contributed by atoms with Crippen LogP contribution in [0.1, 0.15) is 43.1 Å². The molecule has 3 heterocycles. The summed E-state index contributed by atoms with van der Waals surface area (Å²) in [4.78, 5) is 1.51. The maximum Gasteiger partial charge on any atom is 0.380 e. The van der Waals surface area contributed by atoms with Gasteiger partial charge in [0.1, 0.15) is 0 Å². The smallest absolute Gasteiger partial charge is 0.377 e. The van der Waals surface area contributed by atoms with Crippen molar-refractivity contribution in [1.82, 2.24) is 0 Å². The zero-order chi connectivity index (χ0) is 37.3. The number of benzene rings is 2. The molecule has 1 aliphatic heterocycles. The fourth-order valence-corrected chi connectivity index (χ4v) is 9.07. The van der Waals surface area contributed by atoms with Crippen molar-refractivity contribution in [3.8, 4) is 20.9 Å². The molecule has 1 aliphatic carbocycles. The summed E-state index contributed by atoms with van der Waals surface area (Å²) in [6, 6.07) is 14.4. The third kappa shape index (κ3) is 7.25. The van der Waals surface area contributed by atoms with Crippen LogP contribution in [0.2, 0.25) is 0 Å². The SMILES string of the molecule is Cc1sc2c(C)c1C1=C(c3c(C)sc(c3C)-c3cccc(c3)COCCOCCOCCOCCOCc3cccc-2c3)C(F)(F)C(F)(F)C1(F)F. The normalized spacial score (nSPS) is 20.1. The Hall–Kier alpha value is -3.04. The summed E-state index contributed by atoms with van der Waals surface area (Å²) in [6.45, 7) is 9.44. The van der Waals surface area contributed by atoms with Crippen LogP contribution in [0.3, 0.4) is 0 Å².